The van der Waals surface area contributed by atoms with E-state index >= 15 is 0 Å². The molecule has 0 radical (unpaired) electrons. The Morgan fingerprint density at radius 1 is 0.894 bits per heavy atom. The Bertz CT molecular complexity index is 1570. The first kappa shape index (κ1) is 31.4. The van der Waals surface area contributed by atoms with Gasteiger partial charge in [-0.2, -0.15) is 5.10 Å². The van der Waals surface area contributed by atoms with Gasteiger partial charge in [0.2, 0.25) is 5.91 Å². The number of likely N-dealkylation sites (N-methyl/N-ethyl adjacent to an activating group) is 1. The van der Waals surface area contributed by atoms with E-state index in [9.17, 15) is 14.4 Å². The van der Waals surface area contributed by atoms with Crippen LogP contribution in [0.5, 0.6) is 0 Å². The molecule has 4 aliphatic rings. The number of benzene rings is 2. The van der Waals surface area contributed by atoms with Crippen molar-refractivity contribution in [3.63, 3.8) is 0 Å². The molecule has 3 fully saturated rings. The number of aromatic amines is 1. The first-order chi connectivity index (χ1) is 22.9. The van der Waals surface area contributed by atoms with E-state index in [0.29, 0.717) is 58.0 Å². The monoisotopic (exact) mass is 641 g/mol. The molecule has 0 saturated carbocycles. The molecule has 1 unspecified atom stereocenters. The number of aromatic nitrogens is 2. The van der Waals surface area contributed by atoms with Crippen molar-refractivity contribution in [2.24, 2.45) is 0 Å². The lowest BCUT2D eigenvalue weighted by atomic mass is 9.99. The molecule has 12 nitrogen and oxygen atoms in total. The van der Waals surface area contributed by atoms with Gasteiger partial charge in [-0.25, -0.2) is 9.59 Å². The second-order valence-corrected chi connectivity index (χ2v) is 13.6. The molecular weight excluding hydrogens is 594 g/mol. The van der Waals surface area contributed by atoms with Crippen molar-refractivity contribution in [3.8, 4) is 0 Å². The number of carbonyl (C=O) groups excluding carboxylic acids is 3. The number of amides is 5. The SMILES string of the molecule is CN1CCN(C2CCN(C(=O)C(Cc3ccc4[nH]ncc4c3)NC(=O)N3CCC(N4CCc5ccccc5NC4=O)CC3)CC2)CC1. The lowest BCUT2D eigenvalue weighted by molar-refractivity contribution is -0.135. The van der Waals surface area contributed by atoms with Gasteiger partial charge in [0.05, 0.1) is 11.7 Å². The third-order valence-electron chi connectivity index (χ3n) is 10.7. The lowest BCUT2D eigenvalue weighted by Gasteiger charge is -2.42. The van der Waals surface area contributed by atoms with Crippen LogP contribution in [0.3, 0.4) is 0 Å². The number of hydrogen-bond donors (Lipinski definition) is 3. The molecule has 0 bridgehead atoms. The van der Waals surface area contributed by atoms with Crippen molar-refractivity contribution in [2.45, 2.75) is 56.7 Å². The molecule has 2 aromatic carbocycles. The number of nitrogens with zero attached hydrogens (tertiary/aromatic N) is 6. The van der Waals surface area contributed by atoms with Gasteiger partial charge in [-0.05, 0) is 68.5 Å². The highest BCUT2D eigenvalue weighted by Gasteiger charge is 2.35. The van der Waals surface area contributed by atoms with Crippen LogP contribution in [0.2, 0.25) is 0 Å². The fourth-order valence-corrected chi connectivity index (χ4v) is 7.77. The Labute approximate surface area is 276 Å². The number of carbonyl (C=O) groups is 3. The number of piperidine rings is 2. The van der Waals surface area contributed by atoms with E-state index in [0.717, 1.165) is 73.2 Å². The highest BCUT2D eigenvalue weighted by molar-refractivity contribution is 5.91. The minimum absolute atomic E-state index is 0.0156. The highest BCUT2D eigenvalue weighted by atomic mass is 16.2. The van der Waals surface area contributed by atoms with Crippen LogP contribution in [0.4, 0.5) is 15.3 Å². The molecule has 4 aliphatic heterocycles. The van der Waals surface area contributed by atoms with E-state index in [1.807, 2.05) is 46.2 Å². The zero-order valence-electron chi connectivity index (χ0n) is 27.4. The number of para-hydroxylation sites is 1. The maximum absolute atomic E-state index is 14.1. The lowest BCUT2D eigenvalue weighted by Crippen LogP contribution is -2.58. The number of anilines is 1. The van der Waals surface area contributed by atoms with Crippen molar-refractivity contribution >= 4 is 34.6 Å². The molecule has 1 atom stereocenters. The Balaban J connectivity index is 0.981. The second-order valence-electron chi connectivity index (χ2n) is 13.6. The summed E-state index contributed by atoms with van der Waals surface area (Å²) in [4.78, 5) is 51.5. The van der Waals surface area contributed by atoms with E-state index in [4.69, 9.17) is 0 Å². The Kier molecular flexibility index (Phi) is 9.30. The van der Waals surface area contributed by atoms with Gasteiger partial charge in [0.1, 0.15) is 6.04 Å². The molecule has 47 heavy (non-hydrogen) atoms. The van der Waals surface area contributed by atoms with Gasteiger partial charge >= 0.3 is 12.1 Å². The summed E-state index contributed by atoms with van der Waals surface area (Å²) in [6, 6.07) is 13.6. The molecule has 250 valence electrons. The Morgan fingerprint density at radius 3 is 2.40 bits per heavy atom. The fraction of sp³-hybridized carbons (Fsp3) is 0.543. The molecule has 5 heterocycles. The van der Waals surface area contributed by atoms with Crippen LogP contribution < -0.4 is 10.6 Å². The van der Waals surface area contributed by atoms with Crippen molar-refractivity contribution in [2.75, 3.05) is 71.3 Å². The molecule has 0 aliphatic carbocycles. The first-order valence-corrected chi connectivity index (χ1v) is 17.3. The quantitative estimate of drug-likeness (QED) is 0.381. The predicted octanol–water partition coefficient (Wildman–Crippen LogP) is 2.98. The average Bonchev–Trinajstić information content (AvgIpc) is 3.50. The third-order valence-corrected chi connectivity index (χ3v) is 10.7. The first-order valence-electron chi connectivity index (χ1n) is 17.3. The molecular formula is C35H47N9O3. The van der Waals surface area contributed by atoms with Crippen LogP contribution in [0.25, 0.3) is 10.9 Å². The van der Waals surface area contributed by atoms with Crippen LogP contribution in [0.15, 0.2) is 48.7 Å². The van der Waals surface area contributed by atoms with Crippen LogP contribution >= 0.6 is 0 Å². The zero-order valence-corrected chi connectivity index (χ0v) is 27.4. The Morgan fingerprint density at radius 2 is 1.62 bits per heavy atom. The highest BCUT2D eigenvalue weighted by Crippen LogP contribution is 2.25. The molecule has 3 saturated heterocycles. The van der Waals surface area contributed by atoms with E-state index in [-0.39, 0.29) is 24.0 Å². The van der Waals surface area contributed by atoms with Gasteiger partial charge in [0, 0.05) is 88.5 Å². The summed E-state index contributed by atoms with van der Waals surface area (Å²) < 4.78 is 0. The van der Waals surface area contributed by atoms with Crippen LogP contribution in [-0.4, -0.2) is 137 Å². The molecule has 1 aromatic heterocycles. The van der Waals surface area contributed by atoms with Crippen molar-refractivity contribution < 1.29 is 14.4 Å². The third kappa shape index (κ3) is 7.08. The maximum atomic E-state index is 14.1. The van der Waals surface area contributed by atoms with Crippen LogP contribution in [-0.2, 0) is 17.6 Å². The van der Waals surface area contributed by atoms with Crippen LogP contribution in [0.1, 0.15) is 36.8 Å². The summed E-state index contributed by atoms with van der Waals surface area (Å²) in [5.41, 5.74) is 3.95. The smallest absolute Gasteiger partial charge is 0.322 e. The summed E-state index contributed by atoms with van der Waals surface area (Å²) in [5.74, 6) is -0.0156. The van der Waals surface area contributed by atoms with Crippen molar-refractivity contribution in [1.82, 2.24) is 40.0 Å². The standard InChI is InChI=1S/C35H47N9O3/c1-40-18-20-41(21-19-40)28-9-13-42(14-10-28)33(45)32(23-25-6-7-31-27(22-25)24-36-39-31)38-34(46)43-15-11-29(12-16-43)44-17-8-26-4-2-3-5-30(26)37-35(44)47/h2-7,22,24,28-29,32H,8-21,23H2,1H3,(H,36,39)(H,37,47)(H,38,46). The molecule has 12 heteroatoms. The van der Waals surface area contributed by atoms with Gasteiger partial charge in [-0.3, -0.25) is 14.8 Å². The van der Waals surface area contributed by atoms with Crippen molar-refractivity contribution in [3.05, 3.63) is 59.8 Å². The van der Waals surface area contributed by atoms with Gasteiger partial charge in [0.15, 0.2) is 0 Å². The van der Waals surface area contributed by atoms with Gasteiger partial charge in [-0.1, -0.05) is 24.3 Å². The maximum Gasteiger partial charge on any atom is 0.322 e. The largest absolute Gasteiger partial charge is 0.341 e. The number of fused-ring (bicyclic) bond motifs is 2. The second kappa shape index (κ2) is 13.9. The molecule has 3 N–H and O–H groups in total. The van der Waals surface area contributed by atoms with E-state index in [1.165, 1.54) is 0 Å². The zero-order chi connectivity index (χ0) is 32.3. The normalized spacial score (nSPS) is 21.3. The van der Waals surface area contributed by atoms with E-state index in [2.05, 4.69) is 43.7 Å². The summed E-state index contributed by atoms with van der Waals surface area (Å²) in [5, 5.41) is 14.3. The van der Waals surface area contributed by atoms with Crippen LogP contribution in [0, 0.1) is 0 Å². The summed E-state index contributed by atoms with van der Waals surface area (Å²) in [7, 11) is 2.17. The Hall–Kier alpha value is -4.16. The van der Waals surface area contributed by atoms with E-state index in [1.54, 1.807) is 11.1 Å². The molecule has 3 aromatic rings. The topological polar surface area (TPSA) is 120 Å². The minimum Gasteiger partial charge on any atom is -0.341 e. The molecule has 7 rings (SSSR count). The number of H-pyrrole nitrogens is 1. The molecule has 5 amide bonds. The van der Waals surface area contributed by atoms with Crippen molar-refractivity contribution in [1.29, 1.82) is 0 Å². The van der Waals surface area contributed by atoms with Gasteiger partial charge in [0.25, 0.3) is 0 Å². The van der Waals surface area contributed by atoms with Gasteiger partial charge in [-0.15, -0.1) is 0 Å². The predicted molar refractivity (Wildman–Crippen MR) is 181 cm³/mol. The number of rotatable bonds is 6. The number of urea groups is 2. The van der Waals surface area contributed by atoms with E-state index < -0.39 is 6.04 Å². The number of nitrogens with one attached hydrogen (secondary N) is 3. The summed E-state index contributed by atoms with van der Waals surface area (Å²) in [6.45, 7) is 7.47. The minimum atomic E-state index is -0.667. The number of piperazine rings is 1. The average molecular weight is 642 g/mol. The number of hydrogen-bond acceptors (Lipinski definition) is 6. The molecule has 0 spiro atoms. The van der Waals surface area contributed by atoms with Gasteiger partial charge < -0.3 is 30.2 Å². The summed E-state index contributed by atoms with van der Waals surface area (Å²) in [6.07, 6.45) is 6.32. The fourth-order valence-electron chi connectivity index (χ4n) is 7.77. The summed E-state index contributed by atoms with van der Waals surface area (Å²) >= 11 is 0. The number of likely N-dealkylation sites (tertiary alicyclic amines) is 2.